The lowest BCUT2D eigenvalue weighted by Gasteiger charge is -2.09. The topological polar surface area (TPSA) is 67.4 Å². The first-order chi connectivity index (χ1) is 12.0. The molecule has 8 heteroatoms. The van der Waals surface area contributed by atoms with E-state index in [9.17, 15) is 14.0 Å². The molecule has 0 spiro atoms. The fourth-order valence-electron chi connectivity index (χ4n) is 1.78. The summed E-state index contributed by atoms with van der Waals surface area (Å²) in [6.45, 7) is -0.290. The van der Waals surface area contributed by atoms with E-state index in [1.54, 1.807) is 6.07 Å². The summed E-state index contributed by atoms with van der Waals surface area (Å²) >= 11 is 7.28. The molecule has 2 amide bonds. The van der Waals surface area contributed by atoms with E-state index in [0.717, 1.165) is 5.56 Å². The molecule has 5 nitrogen and oxygen atoms in total. The van der Waals surface area contributed by atoms with E-state index < -0.39 is 5.91 Å². The monoisotopic (exact) mass is 382 g/mol. The van der Waals surface area contributed by atoms with Gasteiger partial charge < -0.3 is 4.74 Å². The van der Waals surface area contributed by atoms with Crippen LogP contribution in [-0.2, 0) is 15.3 Å². The smallest absolute Gasteiger partial charge is 0.276 e. The summed E-state index contributed by atoms with van der Waals surface area (Å²) in [5.74, 6) is -0.0553. The Bertz CT molecular complexity index is 728. The highest BCUT2D eigenvalue weighted by molar-refractivity contribution is 7.99. The minimum Gasteiger partial charge on any atom is -0.484 e. The predicted octanol–water partition coefficient (Wildman–Crippen LogP) is 2.94. The molecule has 132 valence electrons. The normalized spacial score (nSPS) is 10.2. The molecule has 0 saturated carbocycles. The Balaban J connectivity index is 1.60. The van der Waals surface area contributed by atoms with Gasteiger partial charge in [-0.3, -0.25) is 20.4 Å². The average molecular weight is 383 g/mol. The third kappa shape index (κ3) is 7.45. The number of halogens is 2. The van der Waals surface area contributed by atoms with Crippen molar-refractivity contribution in [3.05, 3.63) is 64.9 Å². The first kappa shape index (κ1) is 19.1. The number of ether oxygens (including phenoxy) is 1. The second-order valence-electron chi connectivity index (χ2n) is 4.96. The molecular formula is C17H16ClFN2O3S. The van der Waals surface area contributed by atoms with Crippen LogP contribution >= 0.6 is 23.4 Å². The van der Waals surface area contributed by atoms with Crippen LogP contribution in [0.3, 0.4) is 0 Å². The molecule has 0 aliphatic rings. The molecule has 0 bridgehead atoms. The van der Waals surface area contributed by atoms with Crippen molar-refractivity contribution in [2.45, 2.75) is 5.75 Å². The summed E-state index contributed by atoms with van der Waals surface area (Å²) in [6.07, 6.45) is 0. The van der Waals surface area contributed by atoms with Gasteiger partial charge in [0, 0.05) is 10.8 Å². The van der Waals surface area contributed by atoms with Gasteiger partial charge in [0.1, 0.15) is 11.6 Å². The molecule has 0 atom stereocenters. The van der Waals surface area contributed by atoms with E-state index in [1.165, 1.54) is 36.0 Å². The van der Waals surface area contributed by atoms with Crippen molar-refractivity contribution in [3.63, 3.8) is 0 Å². The van der Waals surface area contributed by atoms with Gasteiger partial charge in [0.15, 0.2) is 6.61 Å². The number of hydrogen-bond acceptors (Lipinski definition) is 4. The molecule has 0 aromatic heterocycles. The number of amides is 2. The van der Waals surface area contributed by atoms with Crippen LogP contribution in [0.5, 0.6) is 5.75 Å². The van der Waals surface area contributed by atoms with Crippen LogP contribution < -0.4 is 15.6 Å². The van der Waals surface area contributed by atoms with E-state index in [-0.39, 0.29) is 24.1 Å². The molecule has 0 saturated heterocycles. The molecule has 25 heavy (non-hydrogen) atoms. The highest BCUT2D eigenvalue weighted by Gasteiger charge is 2.06. The molecule has 0 unspecified atom stereocenters. The fourth-order valence-corrected chi connectivity index (χ4v) is 2.77. The Kier molecular flexibility index (Phi) is 7.56. The van der Waals surface area contributed by atoms with Crippen LogP contribution in [0.2, 0.25) is 5.02 Å². The van der Waals surface area contributed by atoms with Crippen molar-refractivity contribution < 1.29 is 18.7 Å². The number of carbonyl (C=O) groups is 2. The Morgan fingerprint density at radius 1 is 1.08 bits per heavy atom. The van der Waals surface area contributed by atoms with Crippen molar-refractivity contribution in [2.75, 3.05) is 12.4 Å². The molecule has 2 N–H and O–H groups in total. The predicted molar refractivity (Wildman–Crippen MR) is 95.8 cm³/mol. The summed E-state index contributed by atoms with van der Waals surface area (Å²) < 4.78 is 17.9. The molecule has 0 fully saturated rings. The largest absolute Gasteiger partial charge is 0.484 e. The Hall–Kier alpha value is -2.25. The number of carbonyl (C=O) groups excluding carboxylic acids is 2. The molecule has 2 aromatic carbocycles. The van der Waals surface area contributed by atoms with Crippen molar-refractivity contribution in [1.29, 1.82) is 0 Å². The van der Waals surface area contributed by atoms with Crippen LogP contribution in [-0.4, -0.2) is 24.2 Å². The lowest BCUT2D eigenvalue weighted by atomic mass is 10.2. The summed E-state index contributed by atoms with van der Waals surface area (Å²) in [5.41, 5.74) is 5.57. The van der Waals surface area contributed by atoms with Crippen LogP contribution in [0.1, 0.15) is 5.56 Å². The zero-order valence-corrected chi connectivity index (χ0v) is 14.7. The SMILES string of the molecule is O=C(COc1ccc(F)cc1)NNC(=O)CSCc1cccc(Cl)c1. The third-order valence-corrected chi connectivity index (χ3v) is 4.15. The number of thioether (sulfide) groups is 1. The lowest BCUT2D eigenvalue weighted by molar-refractivity contribution is -0.128. The highest BCUT2D eigenvalue weighted by atomic mass is 35.5. The van der Waals surface area contributed by atoms with Gasteiger partial charge in [-0.15, -0.1) is 11.8 Å². The number of hydrazine groups is 1. The number of rotatable bonds is 7. The van der Waals surface area contributed by atoms with Gasteiger partial charge in [-0.25, -0.2) is 4.39 Å². The van der Waals surface area contributed by atoms with Gasteiger partial charge in [0.2, 0.25) is 5.91 Å². The zero-order valence-electron chi connectivity index (χ0n) is 13.1. The first-order valence-corrected chi connectivity index (χ1v) is 8.84. The molecule has 2 rings (SSSR count). The average Bonchev–Trinajstić information content (AvgIpc) is 2.59. The van der Waals surface area contributed by atoms with Crippen LogP contribution in [0.15, 0.2) is 48.5 Å². The minimum absolute atomic E-state index is 0.186. The maximum absolute atomic E-state index is 12.7. The second-order valence-corrected chi connectivity index (χ2v) is 6.38. The molecule has 0 heterocycles. The van der Waals surface area contributed by atoms with Gasteiger partial charge in [-0.2, -0.15) is 0 Å². The van der Waals surface area contributed by atoms with Crippen molar-refractivity contribution in [1.82, 2.24) is 10.9 Å². The van der Waals surface area contributed by atoms with Crippen LogP contribution in [0.4, 0.5) is 4.39 Å². The minimum atomic E-state index is -0.516. The standard InChI is InChI=1S/C17H16ClFN2O3S/c18-13-3-1-2-12(8-13)10-25-11-17(23)21-20-16(22)9-24-15-6-4-14(19)5-7-15/h1-8H,9-11H2,(H,20,22)(H,21,23). The van der Waals surface area contributed by atoms with E-state index in [0.29, 0.717) is 16.5 Å². The summed E-state index contributed by atoms with van der Waals surface area (Å²) in [6, 6.07) is 12.7. The van der Waals surface area contributed by atoms with Gasteiger partial charge in [-0.1, -0.05) is 23.7 Å². The fraction of sp³-hybridized carbons (Fsp3) is 0.176. The molecule has 0 radical (unpaired) electrons. The van der Waals surface area contributed by atoms with Crippen LogP contribution in [0, 0.1) is 5.82 Å². The van der Waals surface area contributed by atoms with Crippen molar-refractivity contribution in [3.8, 4) is 5.75 Å². The second kappa shape index (κ2) is 9.90. The maximum Gasteiger partial charge on any atom is 0.276 e. The molecule has 0 aliphatic heterocycles. The Morgan fingerprint density at radius 2 is 1.80 bits per heavy atom. The van der Waals surface area contributed by atoms with E-state index >= 15 is 0 Å². The first-order valence-electron chi connectivity index (χ1n) is 7.31. The van der Waals surface area contributed by atoms with Crippen LogP contribution in [0.25, 0.3) is 0 Å². The quantitative estimate of drug-likeness (QED) is 0.722. The van der Waals surface area contributed by atoms with Gasteiger partial charge in [-0.05, 0) is 42.0 Å². The van der Waals surface area contributed by atoms with Crippen molar-refractivity contribution >= 4 is 35.2 Å². The summed E-state index contributed by atoms with van der Waals surface area (Å²) in [7, 11) is 0. The van der Waals surface area contributed by atoms with Crippen molar-refractivity contribution in [2.24, 2.45) is 0 Å². The Morgan fingerprint density at radius 3 is 2.52 bits per heavy atom. The maximum atomic E-state index is 12.7. The van der Waals surface area contributed by atoms with E-state index in [4.69, 9.17) is 16.3 Å². The third-order valence-electron chi connectivity index (χ3n) is 2.92. The Labute approximate surface area is 153 Å². The zero-order chi connectivity index (χ0) is 18.1. The molecular weight excluding hydrogens is 367 g/mol. The highest BCUT2D eigenvalue weighted by Crippen LogP contribution is 2.16. The summed E-state index contributed by atoms with van der Waals surface area (Å²) in [5, 5.41) is 0.649. The van der Waals surface area contributed by atoms with E-state index in [2.05, 4.69) is 10.9 Å². The molecule has 2 aromatic rings. The number of hydrogen-bond donors (Lipinski definition) is 2. The lowest BCUT2D eigenvalue weighted by Crippen LogP contribution is -2.44. The molecule has 0 aliphatic carbocycles. The number of nitrogens with one attached hydrogen (secondary N) is 2. The van der Waals surface area contributed by atoms with Gasteiger partial charge >= 0.3 is 0 Å². The summed E-state index contributed by atoms with van der Waals surface area (Å²) in [4.78, 5) is 23.2. The van der Waals surface area contributed by atoms with E-state index in [1.807, 2.05) is 18.2 Å². The van der Waals surface area contributed by atoms with Gasteiger partial charge in [0.25, 0.3) is 5.91 Å². The number of benzene rings is 2. The van der Waals surface area contributed by atoms with Gasteiger partial charge in [0.05, 0.1) is 5.75 Å².